The maximum absolute atomic E-state index is 9.49. The number of benzene rings is 2. The number of nitrogens with two attached hydrogens (primary N) is 1. The third kappa shape index (κ3) is 2.78. The molecular weight excluding hydrogens is 248 g/mol. The molecule has 3 nitrogen and oxygen atoms in total. The van der Waals surface area contributed by atoms with Crippen molar-refractivity contribution in [3.63, 3.8) is 0 Å². The van der Waals surface area contributed by atoms with E-state index in [2.05, 4.69) is 29.2 Å². The lowest BCUT2D eigenvalue weighted by molar-refractivity contribution is 0.261. The predicted molar refractivity (Wildman–Crippen MR) is 81.4 cm³/mol. The van der Waals surface area contributed by atoms with Crippen LogP contribution in [0.2, 0.25) is 0 Å². The van der Waals surface area contributed by atoms with Crippen LogP contribution in [-0.2, 0) is 19.5 Å². The lowest BCUT2D eigenvalue weighted by atomic mass is 10.0. The molecule has 1 aliphatic rings. The largest absolute Gasteiger partial charge is 0.506 e. The standard InChI is InChI=1S/C17H20N2O/c18-16-10-13(7-8-17(16)20)11-19-9-3-6-14-4-1-2-5-15(14)12-19/h1-2,4-5,7-8,10,20H,3,6,9,11-12,18H2. The summed E-state index contributed by atoms with van der Waals surface area (Å²) in [5, 5.41) is 9.49. The van der Waals surface area contributed by atoms with E-state index in [1.165, 1.54) is 17.5 Å². The first kappa shape index (κ1) is 13.0. The van der Waals surface area contributed by atoms with E-state index >= 15 is 0 Å². The van der Waals surface area contributed by atoms with Crippen molar-refractivity contribution in [1.29, 1.82) is 0 Å². The zero-order chi connectivity index (χ0) is 13.9. The minimum Gasteiger partial charge on any atom is -0.506 e. The number of phenols is 1. The number of fused-ring (bicyclic) bond motifs is 1. The van der Waals surface area contributed by atoms with Crippen LogP contribution in [0.1, 0.15) is 23.1 Å². The summed E-state index contributed by atoms with van der Waals surface area (Å²) in [7, 11) is 0. The molecule has 0 saturated carbocycles. The monoisotopic (exact) mass is 268 g/mol. The van der Waals surface area contributed by atoms with Gasteiger partial charge in [-0.1, -0.05) is 30.3 Å². The van der Waals surface area contributed by atoms with Gasteiger partial charge in [0, 0.05) is 13.1 Å². The minimum absolute atomic E-state index is 0.162. The number of rotatable bonds is 2. The zero-order valence-corrected chi connectivity index (χ0v) is 11.5. The molecule has 0 fully saturated rings. The SMILES string of the molecule is Nc1cc(CN2CCCc3ccccc3C2)ccc1O. The van der Waals surface area contributed by atoms with E-state index in [0.717, 1.165) is 31.6 Å². The molecule has 0 aliphatic carbocycles. The average Bonchev–Trinajstić information content (AvgIpc) is 2.64. The van der Waals surface area contributed by atoms with E-state index in [4.69, 9.17) is 5.73 Å². The molecule has 0 aromatic heterocycles. The fraction of sp³-hybridized carbons (Fsp3) is 0.294. The number of hydrogen-bond acceptors (Lipinski definition) is 3. The number of hydrogen-bond donors (Lipinski definition) is 2. The Kier molecular flexibility index (Phi) is 3.61. The highest BCUT2D eigenvalue weighted by Crippen LogP contribution is 2.23. The van der Waals surface area contributed by atoms with Gasteiger partial charge in [0.25, 0.3) is 0 Å². The second-order valence-electron chi connectivity index (χ2n) is 5.48. The van der Waals surface area contributed by atoms with Crippen molar-refractivity contribution >= 4 is 5.69 Å². The Bertz CT molecular complexity index is 610. The lowest BCUT2D eigenvalue weighted by Crippen LogP contribution is -2.22. The molecule has 1 heterocycles. The van der Waals surface area contributed by atoms with E-state index in [1.54, 1.807) is 6.07 Å². The van der Waals surface area contributed by atoms with Crippen LogP contribution in [0.4, 0.5) is 5.69 Å². The molecule has 3 N–H and O–H groups in total. The molecule has 0 unspecified atom stereocenters. The number of phenolic OH excluding ortho intramolecular Hbond substituents is 1. The van der Waals surface area contributed by atoms with Crippen LogP contribution in [0.5, 0.6) is 5.75 Å². The lowest BCUT2D eigenvalue weighted by Gasteiger charge is -2.20. The topological polar surface area (TPSA) is 49.5 Å². The fourth-order valence-electron chi connectivity index (χ4n) is 2.86. The first-order chi connectivity index (χ1) is 9.72. The number of aryl methyl sites for hydroxylation is 1. The van der Waals surface area contributed by atoms with E-state index in [0.29, 0.717) is 5.69 Å². The van der Waals surface area contributed by atoms with Crippen molar-refractivity contribution < 1.29 is 5.11 Å². The average molecular weight is 268 g/mol. The van der Waals surface area contributed by atoms with Gasteiger partial charge in [-0.2, -0.15) is 0 Å². The molecular formula is C17H20N2O. The maximum atomic E-state index is 9.49. The van der Waals surface area contributed by atoms with Crippen LogP contribution in [0.3, 0.4) is 0 Å². The second kappa shape index (κ2) is 5.55. The first-order valence-corrected chi connectivity index (χ1v) is 7.09. The second-order valence-corrected chi connectivity index (χ2v) is 5.48. The Balaban J connectivity index is 1.76. The van der Waals surface area contributed by atoms with Gasteiger partial charge in [-0.3, -0.25) is 4.90 Å². The fourth-order valence-corrected chi connectivity index (χ4v) is 2.86. The molecule has 0 bridgehead atoms. The minimum atomic E-state index is 0.162. The Morgan fingerprint density at radius 2 is 1.90 bits per heavy atom. The summed E-state index contributed by atoms with van der Waals surface area (Å²) >= 11 is 0. The molecule has 0 spiro atoms. The predicted octanol–water partition coefficient (Wildman–Crippen LogP) is 2.92. The van der Waals surface area contributed by atoms with Crippen molar-refractivity contribution in [3.05, 3.63) is 59.2 Å². The molecule has 3 rings (SSSR count). The highest BCUT2D eigenvalue weighted by Gasteiger charge is 2.14. The van der Waals surface area contributed by atoms with Gasteiger partial charge in [0.1, 0.15) is 5.75 Å². The van der Waals surface area contributed by atoms with Gasteiger partial charge < -0.3 is 10.8 Å². The van der Waals surface area contributed by atoms with Gasteiger partial charge in [-0.15, -0.1) is 0 Å². The van der Waals surface area contributed by atoms with Crippen LogP contribution < -0.4 is 5.73 Å². The molecule has 2 aromatic rings. The maximum Gasteiger partial charge on any atom is 0.138 e. The Morgan fingerprint density at radius 1 is 1.10 bits per heavy atom. The summed E-state index contributed by atoms with van der Waals surface area (Å²) < 4.78 is 0. The highest BCUT2D eigenvalue weighted by molar-refractivity contribution is 5.53. The molecule has 0 radical (unpaired) electrons. The van der Waals surface area contributed by atoms with Crippen molar-refractivity contribution in [3.8, 4) is 5.75 Å². The van der Waals surface area contributed by atoms with E-state index < -0.39 is 0 Å². The Hall–Kier alpha value is -2.00. The molecule has 104 valence electrons. The van der Waals surface area contributed by atoms with Crippen molar-refractivity contribution in [2.75, 3.05) is 12.3 Å². The smallest absolute Gasteiger partial charge is 0.138 e. The van der Waals surface area contributed by atoms with E-state index in [9.17, 15) is 5.11 Å². The highest BCUT2D eigenvalue weighted by atomic mass is 16.3. The van der Waals surface area contributed by atoms with Gasteiger partial charge in [-0.05, 0) is 48.2 Å². The van der Waals surface area contributed by atoms with Gasteiger partial charge in [0.2, 0.25) is 0 Å². The van der Waals surface area contributed by atoms with Crippen LogP contribution in [0.15, 0.2) is 42.5 Å². The summed E-state index contributed by atoms with van der Waals surface area (Å²) in [6.45, 7) is 2.95. The molecule has 2 aromatic carbocycles. The molecule has 0 atom stereocenters. The van der Waals surface area contributed by atoms with Gasteiger partial charge in [-0.25, -0.2) is 0 Å². The van der Waals surface area contributed by atoms with Crippen LogP contribution >= 0.6 is 0 Å². The summed E-state index contributed by atoms with van der Waals surface area (Å²) in [6, 6.07) is 14.2. The van der Waals surface area contributed by atoms with Gasteiger partial charge >= 0.3 is 0 Å². The van der Waals surface area contributed by atoms with E-state index in [1.807, 2.05) is 12.1 Å². The molecule has 20 heavy (non-hydrogen) atoms. The third-order valence-electron chi connectivity index (χ3n) is 3.93. The number of anilines is 1. The van der Waals surface area contributed by atoms with Gasteiger partial charge in [0.15, 0.2) is 0 Å². The molecule has 0 amide bonds. The van der Waals surface area contributed by atoms with Crippen molar-refractivity contribution in [2.45, 2.75) is 25.9 Å². The third-order valence-corrected chi connectivity index (χ3v) is 3.93. The first-order valence-electron chi connectivity index (χ1n) is 7.09. The Morgan fingerprint density at radius 3 is 2.70 bits per heavy atom. The molecule has 1 aliphatic heterocycles. The summed E-state index contributed by atoms with van der Waals surface area (Å²) in [5.41, 5.74) is 10.3. The van der Waals surface area contributed by atoms with Crippen molar-refractivity contribution in [1.82, 2.24) is 4.90 Å². The number of nitrogens with zero attached hydrogens (tertiary/aromatic N) is 1. The summed E-state index contributed by atoms with van der Waals surface area (Å²) in [5.74, 6) is 0.162. The zero-order valence-electron chi connectivity index (χ0n) is 11.5. The summed E-state index contributed by atoms with van der Waals surface area (Å²) in [4.78, 5) is 2.44. The molecule has 3 heteroatoms. The summed E-state index contributed by atoms with van der Waals surface area (Å²) in [6.07, 6.45) is 2.34. The normalized spacial score (nSPS) is 15.6. The molecule has 0 saturated heterocycles. The van der Waals surface area contributed by atoms with Gasteiger partial charge in [0.05, 0.1) is 5.69 Å². The van der Waals surface area contributed by atoms with E-state index in [-0.39, 0.29) is 5.75 Å². The van der Waals surface area contributed by atoms with Crippen LogP contribution in [-0.4, -0.2) is 16.6 Å². The van der Waals surface area contributed by atoms with Crippen molar-refractivity contribution in [2.24, 2.45) is 0 Å². The number of nitrogen functional groups attached to an aromatic ring is 1. The Labute approximate surface area is 119 Å². The quantitative estimate of drug-likeness (QED) is 0.650. The van der Waals surface area contributed by atoms with Crippen LogP contribution in [0.25, 0.3) is 0 Å². The van der Waals surface area contributed by atoms with Crippen LogP contribution in [0, 0.1) is 0 Å². The number of aromatic hydroxyl groups is 1.